The molecule has 0 aromatic carbocycles. The number of nitrogens with zero attached hydrogens (tertiary/aromatic N) is 1. The summed E-state index contributed by atoms with van der Waals surface area (Å²) in [4.78, 5) is 5.82. The molecule has 0 unspecified atom stereocenters. The van der Waals surface area contributed by atoms with E-state index in [4.69, 9.17) is 0 Å². The number of nitrogens with one attached hydrogen (secondary N) is 1. The first kappa shape index (κ1) is 11.1. The number of halogens is 1. The van der Waals surface area contributed by atoms with Gasteiger partial charge in [0.2, 0.25) is 0 Å². The second kappa shape index (κ2) is 5.08. The zero-order chi connectivity index (χ0) is 9.84. The van der Waals surface area contributed by atoms with Gasteiger partial charge in [0, 0.05) is 10.8 Å². The number of hydrogen-bond donors (Lipinski definition) is 1. The molecule has 0 saturated carbocycles. The fraction of sp³-hybridized carbons (Fsp3) is 0.667. The number of thiazole rings is 1. The molecule has 1 rings (SSSR count). The number of hydrogen-bond acceptors (Lipinski definition) is 3. The molecule has 0 fully saturated rings. The van der Waals surface area contributed by atoms with Gasteiger partial charge in [-0.1, -0.05) is 13.8 Å². The van der Waals surface area contributed by atoms with Crippen molar-refractivity contribution >= 4 is 27.3 Å². The molecule has 0 bridgehead atoms. The third-order valence-electron chi connectivity index (χ3n) is 1.76. The number of aromatic nitrogens is 1. The summed E-state index contributed by atoms with van der Waals surface area (Å²) >= 11 is 5.30. The van der Waals surface area contributed by atoms with E-state index in [0.717, 1.165) is 17.6 Å². The molecule has 0 spiro atoms. The van der Waals surface area contributed by atoms with Crippen LogP contribution in [0.25, 0.3) is 0 Å². The highest BCUT2D eigenvalue weighted by molar-refractivity contribution is 9.10. The predicted molar refractivity (Wildman–Crippen MR) is 61.5 cm³/mol. The fourth-order valence-corrected chi connectivity index (χ4v) is 2.70. The van der Waals surface area contributed by atoms with Crippen LogP contribution in [0.3, 0.4) is 0 Å². The highest BCUT2D eigenvalue weighted by atomic mass is 79.9. The minimum atomic E-state index is 0.532. The zero-order valence-electron chi connectivity index (χ0n) is 8.22. The van der Waals surface area contributed by atoms with Crippen LogP contribution in [0.2, 0.25) is 0 Å². The van der Waals surface area contributed by atoms with Crippen molar-refractivity contribution in [1.29, 1.82) is 0 Å². The van der Waals surface area contributed by atoms with E-state index in [2.05, 4.69) is 40.1 Å². The predicted octanol–water partition coefficient (Wildman–Crippen LogP) is 2.79. The average Bonchev–Trinajstić information content (AvgIpc) is 2.44. The van der Waals surface area contributed by atoms with Crippen molar-refractivity contribution in [2.75, 3.05) is 13.6 Å². The molecule has 0 amide bonds. The van der Waals surface area contributed by atoms with Crippen LogP contribution in [-0.4, -0.2) is 18.6 Å². The molecule has 13 heavy (non-hydrogen) atoms. The van der Waals surface area contributed by atoms with Crippen LogP contribution in [0.15, 0.2) is 4.60 Å². The Morgan fingerprint density at radius 1 is 1.54 bits per heavy atom. The molecule has 74 valence electrons. The maximum atomic E-state index is 4.47. The Labute approximate surface area is 91.9 Å². The Kier molecular flexibility index (Phi) is 4.35. The van der Waals surface area contributed by atoms with E-state index in [0.29, 0.717) is 5.92 Å². The highest BCUT2D eigenvalue weighted by Gasteiger charge is 2.10. The lowest BCUT2D eigenvalue weighted by Crippen LogP contribution is -2.09. The minimum Gasteiger partial charge on any atom is -0.319 e. The van der Waals surface area contributed by atoms with Gasteiger partial charge in [0.15, 0.2) is 0 Å². The first-order valence-electron chi connectivity index (χ1n) is 4.44. The maximum absolute atomic E-state index is 4.47. The zero-order valence-corrected chi connectivity index (χ0v) is 10.6. The largest absolute Gasteiger partial charge is 0.319 e. The van der Waals surface area contributed by atoms with E-state index in [1.165, 1.54) is 9.88 Å². The Balaban J connectivity index is 2.71. The van der Waals surface area contributed by atoms with Gasteiger partial charge < -0.3 is 5.32 Å². The van der Waals surface area contributed by atoms with Gasteiger partial charge in [-0.2, -0.15) is 0 Å². The molecule has 0 radical (unpaired) electrons. The Morgan fingerprint density at radius 3 is 2.69 bits per heavy atom. The van der Waals surface area contributed by atoms with E-state index in [-0.39, 0.29) is 0 Å². The molecule has 1 heterocycles. The lowest BCUT2D eigenvalue weighted by Gasteiger charge is -1.96. The van der Waals surface area contributed by atoms with E-state index in [9.17, 15) is 0 Å². The van der Waals surface area contributed by atoms with E-state index < -0.39 is 0 Å². The molecular formula is C9H15BrN2S. The summed E-state index contributed by atoms with van der Waals surface area (Å²) < 4.78 is 1.02. The highest BCUT2D eigenvalue weighted by Crippen LogP contribution is 2.28. The summed E-state index contributed by atoms with van der Waals surface area (Å²) in [5.41, 5.74) is 0. The topological polar surface area (TPSA) is 24.9 Å². The first-order chi connectivity index (χ1) is 6.15. The normalized spacial score (nSPS) is 11.2. The van der Waals surface area contributed by atoms with Crippen LogP contribution in [0.1, 0.15) is 29.7 Å². The number of likely N-dealkylation sites (N-methyl/N-ethyl adjacent to an activating group) is 1. The monoisotopic (exact) mass is 262 g/mol. The van der Waals surface area contributed by atoms with Crippen molar-refractivity contribution < 1.29 is 0 Å². The van der Waals surface area contributed by atoms with Crippen LogP contribution in [-0.2, 0) is 6.42 Å². The summed E-state index contributed by atoms with van der Waals surface area (Å²) in [5.74, 6) is 0.532. The van der Waals surface area contributed by atoms with Gasteiger partial charge >= 0.3 is 0 Å². The molecule has 1 aromatic rings. The molecule has 0 atom stereocenters. The molecule has 2 nitrogen and oxygen atoms in total. The van der Waals surface area contributed by atoms with Crippen molar-refractivity contribution in [1.82, 2.24) is 10.3 Å². The lowest BCUT2D eigenvalue weighted by molar-refractivity contribution is 0.795. The standard InChI is InChI=1S/C9H15BrN2S/c1-6(2)9-12-8(10)7(13-9)4-5-11-3/h6,11H,4-5H2,1-3H3. The van der Waals surface area contributed by atoms with E-state index in [1.54, 1.807) is 0 Å². The molecule has 1 aromatic heterocycles. The molecule has 0 aliphatic carbocycles. The Bertz CT molecular complexity index is 271. The van der Waals surface area contributed by atoms with Gasteiger partial charge in [0.05, 0.1) is 5.01 Å². The van der Waals surface area contributed by atoms with Crippen molar-refractivity contribution in [2.45, 2.75) is 26.2 Å². The van der Waals surface area contributed by atoms with E-state index >= 15 is 0 Å². The van der Waals surface area contributed by atoms with Crippen LogP contribution in [0, 0.1) is 0 Å². The van der Waals surface area contributed by atoms with Crippen LogP contribution < -0.4 is 5.32 Å². The summed E-state index contributed by atoms with van der Waals surface area (Å²) in [6.45, 7) is 5.36. The molecule has 0 aliphatic rings. The van der Waals surface area contributed by atoms with Gasteiger partial charge in [0.1, 0.15) is 4.60 Å². The third-order valence-corrected chi connectivity index (χ3v) is 4.10. The molecule has 4 heteroatoms. The van der Waals surface area contributed by atoms with Gasteiger partial charge in [-0.15, -0.1) is 11.3 Å². The second-order valence-corrected chi connectivity index (χ2v) is 5.14. The average molecular weight is 263 g/mol. The van der Waals surface area contributed by atoms with Crippen molar-refractivity contribution in [3.05, 3.63) is 14.5 Å². The minimum absolute atomic E-state index is 0.532. The Morgan fingerprint density at radius 2 is 2.23 bits per heavy atom. The first-order valence-corrected chi connectivity index (χ1v) is 6.05. The van der Waals surface area contributed by atoms with Crippen LogP contribution in [0.5, 0.6) is 0 Å². The summed E-state index contributed by atoms with van der Waals surface area (Å²) in [6, 6.07) is 0. The van der Waals surface area contributed by atoms with Gasteiger partial charge in [-0.05, 0) is 35.9 Å². The quantitative estimate of drug-likeness (QED) is 0.903. The van der Waals surface area contributed by atoms with Gasteiger partial charge in [-0.25, -0.2) is 4.98 Å². The molecular weight excluding hydrogens is 248 g/mol. The Hall–Kier alpha value is 0.0700. The van der Waals surface area contributed by atoms with Crippen molar-refractivity contribution in [3.8, 4) is 0 Å². The summed E-state index contributed by atoms with van der Waals surface area (Å²) in [5, 5.41) is 4.36. The molecule has 1 N–H and O–H groups in total. The van der Waals surface area contributed by atoms with Gasteiger partial charge in [-0.3, -0.25) is 0 Å². The van der Waals surface area contributed by atoms with Crippen molar-refractivity contribution in [2.24, 2.45) is 0 Å². The van der Waals surface area contributed by atoms with Crippen LogP contribution in [0.4, 0.5) is 0 Å². The van der Waals surface area contributed by atoms with Gasteiger partial charge in [0.25, 0.3) is 0 Å². The SMILES string of the molecule is CNCCc1sc(C(C)C)nc1Br. The second-order valence-electron chi connectivity index (χ2n) is 3.27. The smallest absolute Gasteiger partial charge is 0.120 e. The molecule has 0 aliphatic heterocycles. The maximum Gasteiger partial charge on any atom is 0.120 e. The third kappa shape index (κ3) is 3.04. The van der Waals surface area contributed by atoms with E-state index in [1.807, 2.05) is 18.4 Å². The molecule has 0 saturated heterocycles. The number of rotatable bonds is 4. The fourth-order valence-electron chi connectivity index (χ4n) is 0.990. The van der Waals surface area contributed by atoms with Crippen LogP contribution >= 0.6 is 27.3 Å². The summed E-state index contributed by atoms with van der Waals surface area (Å²) in [6.07, 6.45) is 1.06. The van der Waals surface area contributed by atoms with Crippen molar-refractivity contribution in [3.63, 3.8) is 0 Å². The summed E-state index contributed by atoms with van der Waals surface area (Å²) in [7, 11) is 1.97. The lowest BCUT2D eigenvalue weighted by atomic mass is 10.2.